The smallest absolute Gasteiger partial charge is 0.240 e. The van der Waals surface area contributed by atoms with Crippen LogP contribution in [0.3, 0.4) is 0 Å². The molecule has 30 heavy (non-hydrogen) atoms. The number of ketones is 1. The average molecular weight is 407 g/mol. The molecule has 2 atom stereocenters. The van der Waals surface area contributed by atoms with Crippen LogP contribution in [0.15, 0.2) is 48.7 Å². The van der Waals surface area contributed by atoms with Crippen molar-refractivity contribution in [1.82, 2.24) is 15.2 Å². The minimum absolute atomic E-state index is 0.0172. The summed E-state index contributed by atoms with van der Waals surface area (Å²) in [5.41, 5.74) is 0.673. The number of para-hydroxylation sites is 1. The average Bonchev–Trinajstić information content (AvgIpc) is 2.89. The van der Waals surface area contributed by atoms with Crippen molar-refractivity contribution in [2.24, 2.45) is 0 Å². The molecule has 2 aliphatic rings. The summed E-state index contributed by atoms with van der Waals surface area (Å²) in [6.45, 7) is 2.22. The molecule has 2 unspecified atom stereocenters. The van der Waals surface area contributed by atoms with Gasteiger partial charge in [-0.05, 0) is 37.6 Å². The fourth-order valence-corrected chi connectivity index (χ4v) is 4.14. The standard InChI is InChI=1S/C23H25N3O4/c1-16(18-7-4-5-12-24-18)25-21(28)15-26-13-11-23(10-9-22(26)29)14-19(27)17-6-2-3-8-20(17)30-23/h2-8,12,16H,9-11,13-15H2,1H3,(H,25,28). The fraction of sp³-hybridized carbons (Fsp3) is 0.391. The van der Waals surface area contributed by atoms with Crippen LogP contribution in [0.2, 0.25) is 0 Å². The molecule has 1 saturated heterocycles. The van der Waals surface area contributed by atoms with Gasteiger partial charge >= 0.3 is 0 Å². The van der Waals surface area contributed by atoms with Crippen molar-refractivity contribution in [2.45, 2.75) is 44.2 Å². The second kappa shape index (κ2) is 8.26. The third-order valence-corrected chi connectivity index (χ3v) is 5.82. The molecule has 2 amide bonds. The summed E-state index contributed by atoms with van der Waals surface area (Å²) in [5, 5.41) is 2.89. The van der Waals surface area contributed by atoms with Crippen LogP contribution in [0, 0.1) is 0 Å². The zero-order valence-corrected chi connectivity index (χ0v) is 17.0. The Labute approximate surface area is 175 Å². The molecule has 2 aromatic rings. The molecule has 1 aromatic carbocycles. The van der Waals surface area contributed by atoms with Crippen molar-refractivity contribution in [1.29, 1.82) is 0 Å². The van der Waals surface area contributed by atoms with Gasteiger partial charge in [-0.3, -0.25) is 19.4 Å². The first-order chi connectivity index (χ1) is 14.5. The van der Waals surface area contributed by atoms with Crippen molar-refractivity contribution in [3.63, 3.8) is 0 Å². The Kier molecular flexibility index (Phi) is 5.53. The zero-order valence-electron chi connectivity index (χ0n) is 17.0. The number of rotatable bonds is 4. The topological polar surface area (TPSA) is 88.6 Å². The number of ether oxygens (including phenoxy) is 1. The second-order valence-corrected chi connectivity index (χ2v) is 7.99. The summed E-state index contributed by atoms with van der Waals surface area (Å²) in [4.78, 5) is 43.6. The maximum absolute atomic E-state index is 12.7. The Hall–Kier alpha value is -3.22. The lowest BCUT2D eigenvalue weighted by atomic mass is 9.84. The Morgan fingerprint density at radius 3 is 2.80 bits per heavy atom. The SMILES string of the molecule is CC(NC(=O)CN1CCC2(CCC1=O)CC(=O)c1ccccc1O2)c1ccccn1. The molecular formula is C23H25N3O4. The number of aromatic nitrogens is 1. The van der Waals surface area contributed by atoms with Gasteiger partial charge in [-0.15, -0.1) is 0 Å². The highest BCUT2D eigenvalue weighted by molar-refractivity contribution is 6.00. The van der Waals surface area contributed by atoms with Crippen molar-refractivity contribution in [2.75, 3.05) is 13.1 Å². The normalized spacial score (nSPS) is 22.1. The van der Waals surface area contributed by atoms with Gasteiger partial charge in [0.15, 0.2) is 5.78 Å². The van der Waals surface area contributed by atoms with E-state index in [0.29, 0.717) is 30.7 Å². The van der Waals surface area contributed by atoms with Crippen molar-refractivity contribution in [3.05, 3.63) is 59.9 Å². The summed E-state index contributed by atoms with van der Waals surface area (Å²) in [5.74, 6) is 0.294. The van der Waals surface area contributed by atoms with Gasteiger partial charge in [-0.2, -0.15) is 0 Å². The first kappa shape index (κ1) is 20.1. The summed E-state index contributed by atoms with van der Waals surface area (Å²) in [7, 11) is 0. The molecule has 3 heterocycles. The minimum Gasteiger partial charge on any atom is -0.486 e. The maximum atomic E-state index is 12.7. The number of hydrogen-bond donors (Lipinski definition) is 1. The maximum Gasteiger partial charge on any atom is 0.240 e. The number of Topliss-reactive ketones (excluding diaryl/α,β-unsaturated/α-hetero) is 1. The van der Waals surface area contributed by atoms with E-state index in [2.05, 4.69) is 10.3 Å². The third-order valence-electron chi connectivity index (χ3n) is 5.82. The molecule has 1 N–H and O–H groups in total. The number of fused-ring (bicyclic) bond motifs is 1. The summed E-state index contributed by atoms with van der Waals surface area (Å²) in [6.07, 6.45) is 3.17. The highest BCUT2D eigenvalue weighted by Crippen LogP contribution is 2.39. The van der Waals surface area contributed by atoms with Crippen LogP contribution in [0.1, 0.15) is 54.7 Å². The number of amides is 2. The predicted molar refractivity (Wildman–Crippen MR) is 110 cm³/mol. The van der Waals surface area contributed by atoms with Gasteiger partial charge in [0.25, 0.3) is 0 Å². The second-order valence-electron chi connectivity index (χ2n) is 7.99. The molecule has 4 rings (SSSR count). The van der Waals surface area contributed by atoms with E-state index in [1.54, 1.807) is 23.2 Å². The van der Waals surface area contributed by atoms with Gasteiger partial charge in [-0.1, -0.05) is 18.2 Å². The van der Waals surface area contributed by atoms with Crippen molar-refractivity contribution in [3.8, 4) is 5.75 Å². The van der Waals surface area contributed by atoms with Gasteiger partial charge in [0.2, 0.25) is 11.8 Å². The van der Waals surface area contributed by atoms with Crippen molar-refractivity contribution < 1.29 is 19.1 Å². The van der Waals surface area contributed by atoms with Crippen molar-refractivity contribution >= 4 is 17.6 Å². The van der Waals surface area contributed by atoms with Crippen LogP contribution >= 0.6 is 0 Å². The fourth-order valence-electron chi connectivity index (χ4n) is 4.14. The molecule has 1 spiro atoms. The van der Waals surface area contributed by atoms with Gasteiger partial charge < -0.3 is 15.0 Å². The summed E-state index contributed by atoms with van der Waals surface area (Å²) in [6, 6.07) is 12.5. The van der Waals surface area contributed by atoms with E-state index < -0.39 is 5.60 Å². The number of likely N-dealkylation sites (tertiary alicyclic amines) is 1. The van der Waals surface area contributed by atoms with Crippen LogP contribution in [0.25, 0.3) is 0 Å². The molecule has 2 aliphatic heterocycles. The van der Waals surface area contributed by atoms with Gasteiger partial charge in [0.1, 0.15) is 11.4 Å². The Balaban J connectivity index is 1.40. The molecule has 1 aromatic heterocycles. The van der Waals surface area contributed by atoms with E-state index in [1.165, 1.54) is 0 Å². The van der Waals surface area contributed by atoms with E-state index in [-0.39, 0.29) is 43.0 Å². The lowest BCUT2D eigenvalue weighted by Gasteiger charge is -2.37. The molecule has 0 saturated carbocycles. The molecular weight excluding hydrogens is 382 g/mol. The summed E-state index contributed by atoms with van der Waals surface area (Å²) >= 11 is 0. The quantitative estimate of drug-likeness (QED) is 0.842. The largest absolute Gasteiger partial charge is 0.486 e. The highest BCUT2D eigenvalue weighted by Gasteiger charge is 2.43. The molecule has 156 valence electrons. The molecule has 0 radical (unpaired) electrons. The van der Waals surface area contributed by atoms with E-state index in [4.69, 9.17) is 4.74 Å². The van der Waals surface area contributed by atoms with Gasteiger partial charge in [-0.25, -0.2) is 0 Å². The van der Waals surface area contributed by atoms with Crippen LogP contribution in [-0.4, -0.2) is 46.2 Å². The van der Waals surface area contributed by atoms with Gasteiger partial charge in [0, 0.05) is 25.6 Å². The minimum atomic E-state index is -0.687. The number of nitrogens with one attached hydrogen (secondary N) is 1. The van der Waals surface area contributed by atoms with Crippen LogP contribution < -0.4 is 10.1 Å². The number of hydrogen-bond acceptors (Lipinski definition) is 5. The molecule has 7 heteroatoms. The number of carbonyl (C=O) groups excluding carboxylic acids is 3. The third kappa shape index (κ3) is 4.20. The molecule has 0 aliphatic carbocycles. The Bertz CT molecular complexity index is 962. The predicted octanol–water partition coefficient (Wildman–Crippen LogP) is 2.68. The van der Waals surface area contributed by atoms with E-state index >= 15 is 0 Å². The number of pyridine rings is 1. The first-order valence-corrected chi connectivity index (χ1v) is 10.3. The van der Waals surface area contributed by atoms with E-state index in [0.717, 1.165) is 5.69 Å². The van der Waals surface area contributed by atoms with E-state index in [1.807, 2.05) is 37.3 Å². The number of nitrogens with zero attached hydrogens (tertiary/aromatic N) is 2. The van der Waals surface area contributed by atoms with Crippen LogP contribution in [0.4, 0.5) is 0 Å². The highest BCUT2D eigenvalue weighted by atomic mass is 16.5. The van der Waals surface area contributed by atoms with E-state index in [9.17, 15) is 14.4 Å². The lowest BCUT2D eigenvalue weighted by molar-refractivity contribution is -0.135. The molecule has 7 nitrogen and oxygen atoms in total. The monoisotopic (exact) mass is 407 g/mol. The molecule has 1 fully saturated rings. The first-order valence-electron chi connectivity index (χ1n) is 10.3. The number of benzene rings is 1. The number of carbonyl (C=O) groups is 3. The summed E-state index contributed by atoms with van der Waals surface area (Å²) < 4.78 is 6.23. The Morgan fingerprint density at radius 1 is 1.20 bits per heavy atom. The zero-order chi connectivity index (χ0) is 21.1. The Morgan fingerprint density at radius 2 is 2.00 bits per heavy atom. The van der Waals surface area contributed by atoms with Crippen LogP contribution in [0.5, 0.6) is 5.75 Å². The van der Waals surface area contributed by atoms with Gasteiger partial charge in [0.05, 0.1) is 30.3 Å². The molecule has 0 bridgehead atoms. The lowest BCUT2D eigenvalue weighted by Crippen LogP contribution is -2.44. The van der Waals surface area contributed by atoms with Crippen LogP contribution in [-0.2, 0) is 9.59 Å².